The predicted octanol–water partition coefficient (Wildman–Crippen LogP) is 1.47. The maximum atomic E-state index is 10.3. The van der Waals surface area contributed by atoms with Crippen LogP contribution in [0.15, 0.2) is 22.7 Å². The maximum absolute atomic E-state index is 10.3. The minimum atomic E-state index is -1.22. The van der Waals surface area contributed by atoms with Crippen LogP contribution in [-0.2, 0) is 0 Å². The number of rotatable bonds is 1. The molecule has 0 aliphatic rings. The van der Waals surface area contributed by atoms with Gasteiger partial charge in [-0.2, -0.15) is 0 Å². The largest absolute Gasteiger partial charge is 0.545 e. The Balaban J connectivity index is 3.15. The first-order chi connectivity index (χ1) is 5.11. The summed E-state index contributed by atoms with van der Waals surface area (Å²) in [6.07, 6.45) is 0. The second kappa shape index (κ2) is 3.24. The van der Waals surface area contributed by atoms with E-state index in [0.29, 0.717) is 9.50 Å². The average Bonchev–Trinajstić information content (AvgIpc) is 1.94. The topological polar surface area (TPSA) is 40.1 Å². The number of carbonyl (C=O) groups is 1. The number of hydrogen-bond donors (Lipinski definition) is 0. The van der Waals surface area contributed by atoms with Gasteiger partial charge in [0.05, 0.1) is 11.0 Å². The molecule has 0 aliphatic heterocycles. The summed E-state index contributed by atoms with van der Waals surface area (Å²) in [6.45, 7) is 0. The van der Waals surface area contributed by atoms with E-state index in [4.69, 9.17) is 11.6 Å². The monoisotopic (exact) mass is 233 g/mol. The lowest BCUT2D eigenvalue weighted by atomic mass is 10.2. The third kappa shape index (κ3) is 1.94. The van der Waals surface area contributed by atoms with Crippen molar-refractivity contribution in [2.75, 3.05) is 0 Å². The SMILES string of the molecule is O=C([O-])c1ccc(Br)c(Cl)c1. The quantitative estimate of drug-likeness (QED) is 0.738. The molecule has 0 aromatic heterocycles. The molecule has 0 bridgehead atoms. The summed E-state index contributed by atoms with van der Waals surface area (Å²) in [7, 11) is 0. The molecule has 0 saturated carbocycles. The number of carboxylic acids is 1. The van der Waals surface area contributed by atoms with Gasteiger partial charge in [-0.1, -0.05) is 17.7 Å². The fraction of sp³-hybridized carbons (Fsp3) is 0. The molecule has 58 valence electrons. The lowest BCUT2D eigenvalue weighted by molar-refractivity contribution is -0.255. The molecular weight excluding hydrogens is 231 g/mol. The van der Waals surface area contributed by atoms with Crippen molar-refractivity contribution < 1.29 is 9.90 Å². The van der Waals surface area contributed by atoms with Crippen molar-refractivity contribution in [2.24, 2.45) is 0 Å². The summed E-state index contributed by atoms with van der Waals surface area (Å²) < 4.78 is 0.671. The fourth-order valence-corrected chi connectivity index (χ4v) is 1.05. The third-order valence-electron chi connectivity index (χ3n) is 1.16. The van der Waals surface area contributed by atoms with Crippen molar-refractivity contribution in [1.29, 1.82) is 0 Å². The Morgan fingerprint density at radius 2 is 2.18 bits per heavy atom. The molecule has 0 amide bonds. The summed E-state index contributed by atoms with van der Waals surface area (Å²) >= 11 is 8.75. The molecule has 0 saturated heterocycles. The summed E-state index contributed by atoms with van der Waals surface area (Å²) in [6, 6.07) is 4.32. The van der Waals surface area contributed by atoms with Crippen molar-refractivity contribution in [3.05, 3.63) is 33.3 Å². The fourth-order valence-electron chi connectivity index (χ4n) is 0.623. The summed E-state index contributed by atoms with van der Waals surface area (Å²) in [5, 5.41) is 10.6. The van der Waals surface area contributed by atoms with Crippen LogP contribution in [0.25, 0.3) is 0 Å². The highest BCUT2D eigenvalue weighted by Gasteiger charge is 1.98. The van der Waals surface area contributed by atoms with Crippen molar-refractivity contribution in [3.8, 4) is 0 Å². The van der Waals surface area contributed by atoms with Crippen LogP contribution in [0.1, 0.15) is 10.4 Å². The third-order valence-corrected chi connectivity index (χ3v) is 2.39. The summed E-state index contributed by atoms with van der Waals surface area (Å²) in [5.74, 6) is -1.22. The Morgan fingerprint density at radius 3 is 2.64 bits per heavy atom. The number of carboxylic acid groups (broad SMARTS) is 1. The molecule has 0 spiro atoms. The molecular formula is C7H3BrClO2-. The van der Waals surface area contributed by atoms with E-state index >= 15 is 0 Å². The van der Waals surface area contributed by atoms with Gasteiger partial charge in [-0.3, -0.25) is 0 Å². The Kier molecular flexibility index (Phi) is 2.52. The van der Waals surface area contributed by atoms with E-state index < -0.39 is 5.97 Å². The minimum absolute atomic E-state index is 0.0817. The zero-order chi connectivity index (χ0) is 8.43. The van der Waals surface area contributed by atoms with Crippen LogP contribution in [-0.4, -0.2) is 5.97 Å². The van der Waals surface area contributed by atoms with E-state index in [1.54, 1.807) is 6.07 Å². The minimum Gasteiger partial charge on any atom is -0.545 e. The highest BCUT2D eigenvalue weighted by Crippen LogP contribution is 2.22. The van der Waals surface area contributed by atoms with E-state index in [2.05, 4.69) is 15.9 Å². The van der Waals surface area contributed by atoms with Crippen LogP contribution in [0, 0.1) is 0 Å². The van der Waals surface area contributed by atoms with Crippen LogP contribution >= 0.6 is 27.5 Å². The number of hydrogen-bond acceptors (Lipinski definition) is 2. The van der Waals surface area contributed by atoms with Gasteiger partial charge in [0.2, 0.25) is 0 Å². The molecule has 0 fully saturated rings. The molecule has 1 aromatic carbocycles. The van der Waals surface area contributed by atoms with Gasteiger partial charge in [-0.05, 0) is 33.6 Å². The van der Waals surface area contributed by atoms with Crippen molar-refractivity contribution in [3.63, 3.8) is 0 Å². The first-order valence-corrected chi connectivity index (χ1v) is 3.95. The van der Waals surface area contributed by atoms with E-state index in [0.717, 1.165) is 0 Å². The van der Waals surface area contributed by atoms with Crippen LogP contribution < -0.4 is 5.11 Å². The van der Waals surface area contributed by atoms with Crippen molar-refractivity contribution in [1.82, 2.24) is 0 Å². The lowest BCUT2D eigenvalue weighted by Crippen LogP contribution is -2.21. The number of benzene rings is 1. The van der Waals surface area contributed by atoms with Crippen molar-refractivity contribution >= 4 is 33.5 Å². The second-order valence-corrected chi connectivity index (χ2v) is 3.18. The molecule has 1 rings (SSSR count). The molecule has 0 radical (unpaired) electrons. The molecule has 0 unspecified atom stereocenters. The van der Waals surface area contributed by atoms with Crippen LogP contribution in [0.4, 0.5) is 0 Å². The highest BCUT2D eigenvalue weighted by atomic mass is 79.9. The number of carbonyl (C=O) groups excluding carboxylic acids is 1. The maximum Gasteiger partial charge on any atom is 0.0715 e. The zero-order valence-corrected chi connectivity index (χ0v) is 7.65. The molecule has 2 nitrogen and oxygen atoms in total. The smallest absolute Gasteiger partial charge is 0.0715 e. The number of halogens is 2. The van der Waals surface area contributed by atoms with Gasteiger partial charge in [0, 0.05) is 4.47 Å². The van der Waals surface area contributed by atoms with Gasteiger partial charge >= 0.3 is 0 Å². The van der Waals surface area contributed by atoms with Gasteiger partial charge in [-0.25, -0.2) is 0 Å². The molecule has 0 aliphatic carbocycles. The van der Waals surface area contributed by atoms with Gasteiger partial charge in [-0.15, -0.1) is 0 Å². The normalized spacial score (nSPS) is 9.64. The van der Waals surface area contributed by atoms with E-state index in [-0.39, 0.29) is 5.56 Å². The predicted molar refractivity (Wildman–Crippen MR) is 43.5 cm³/mol. The van der Waals surface area contributed by atoms with Crippen LogP contribution in [0.5, 0.6) is 0 Å². The van der Waals surface area contributed by atoms with Gasteiger partial charge in [0.15, 0.2) is 0 Å². The molecule has 0 N–H and O–H groups in total. The molecule has 0 heterocycles. The lowest BCUT2D eigenvalue weighted by Gasteiger charge is -2.02. The molecule has 4 heteroatoms. The van der Waals surface area contributed by atoms with E-state index in [1.165, 1.54) is 12.1 Å². The Morgan fingerprint density at radius 1 is 1.55 bits per heavy atom. The highest BCUT2D eigenvalue weighted by molar-refractivity contribution is 9.10. The van der Waals surface area contributed by atoms with E-state index in [9.17, 15) is 9.90 Å². The molecule has 0 atom stereocenters. The van der Waals surface area contributed by atoms with Crippen LogP contribution in [0.3, 0.4) is 0 Å². The molecule has 11 heavy (non-hydrogen) atoms. The second-order valence-electron chi connectivity index (χ2n) is 1.92. The standard InChI is InChI=1S/C7H4BrClO2/c8-5-2-1-4(7(10)11)3-6(5)9/h1-3H,(H,10,11)/p-1. The van der Waals surface area contributed by atoms with Gasteiger partial charge < -0.3 is 9.90 Å². The Hall–Kier alpha value is -0.540. The Bertz CT molecular complexity index is 298. The van der Waals surface area contributed by atoms with E-state index in [1.807, 2.05) is 0 Å². The zero-order valence-electron chi connectivity index (χ0n) is 5.30. The first kappa shape index (κ1) is 8.56. The average molecular weight is 234 g/mol. The molecule has 1 aromatic rings. The summed E-state index contributed by atoms with van der Waals surface area (Å²) in [4.78, 5) is 10.3. The van der Waals surface area contributed by atoms with Crippen molar-refractivity contribution in [2.45, 2.75) is 0 Å². The van der Waals surface area contributed by atoms with Gasteiger partial charge in [0.1, 0.15) is 0 Å². The first-order valence-electron chi connectivity index (χ1n) is 2.77. The van der Waals surface area contributed by atoms with Crippen LogP contribution in [0.2, 0.25) is 5.02 Å². The van der Waals surface area contributed by atoms with Gasteiger partial charge in [0.25, 0.3) is 0 Å². The number of aromatic carboxylic acids is 1. The Labute approximate surface area is 76.9 Å². The summed E-state index contributed by atoms with van der Waals surface area (Å²) in [5.41, 5.74) is 0.0817.